The molecule has 0 rings (SSSR count). The van der Waals surface area contributed by atoms with Gasteiger partial charge in [0.05, 0.1) is 0 Å². The Morgan fingerprint density at radius 2 is 1.00 bits per heavy atom. The first-order valence-corrected chi connectivity index (χ1v) is 4.87. The fraction of sp³-hybridized carbons (Fsp3) is 1.00. The van der Waals surface area contributed by atoms with Crippen LogP contribution in [0.15, 0.2) is 0 Å². The Morgan fingerprint density at radius 1 is 0.750 bits per heavy atom. The van der Waals surface area contributed by atoms with Gasteiger partial charge in [-0.1, -0.05) is 26.5 Å². The van der Waals surface area contributed by atoms with Gasteiger partial charge in [-0.05, 0) is 28.2 Å². The van der Waals surface area contributed by atoms with E-state index >= 15 is 0 Å². The van der Waals surface area contributed by atoms with Crippen LogP contribution in [0.1, 0.15) is 13.8 Å². The minimum absolute atomic E-state index is 0.685. The molecule has 0 bridgehead atoms. The van der Waals surface area contributed by atoms with E-state index in [1.165, 1.54) is 12.6 Å². The second-order valence-electron chi connectivity index (χ2n) is 3.88. The van der Waals surface area contributed by atoms with Crippen molar-refractivity contribution in [1.29, 1.82) is 0 Å². The molecule has 4 heteroatoms. The highest BCUT2D eigenvalue weighted by Gasteiger charge is 2.29. The molecule has 0 fully saturated rings. The van der Waals surface area contributed by atoms with Crippen molar-refractivity contribution in [3.8, 4) is 0 Å². The van der Waals surface area contributed by atoms with Crippen LogP contribution in [-0.4, -0.2) is 51.3 Å². The number of hydrogen-bond donors (Lipinski definition) is 0. The Morgan fingerprint density at radius 3 is 1.08 bits per heavy atom. The SMILES string of the molecule is CCB(B(CC)N(C)C)N(C)C. The van der Waals surface area contributed by atoms with E-state index in [1.807, 2.05) is 0 Å². The molecule has 0 atom stereocenters. The standard InChI is InChI=1S/C8H22B2N2/c1-7-9(11(3)4)10(8-2)12(5)6/h7-8H2,1-6H3. The minimum atomic E-state index is 0.685. The Labute approximate surface area is 78.5 Å². The highest BCUT2D eigenvalue weighted by molar-refractivity contribution is 7.19. The molecule has 0 radical (unpaired) electrons. The van der Waals surface area contributed by atoms with Crippen LogP contribution < -0.4 is 0 Å². The number of rotatable bonds is 5. The predicted molar refractivity (Wildman–Crippen MR) is 59.8 cm³/mol. The minimum Gasteiger partial charge on any atom is -0.352 e. The maximum Gasteiger partial charge on any atom is 0.207 e. The molecule has 0 aliphatic heterocycles. The summed E-state index contributed by atoms with van der Waals surface area (Å²) in [6, 6.07) is 0. The summed E-state index contributed by atoms with van der Waals surface area (Å²) in [6.45, 7) is 5.89. The van der Waals surface area contributed by atoms with Crippen LogP contribution in [0.5, 0.6) is 0 Å². The first kappa shape index (κ1) is 12.0. The third kappa shape index (κ3) is 3.20. The van der Waals surface area contributed by atoms with E-state index in [4.69, 9.17) is 0 Å². The van der Waals surface area contributed by atoms with E-state index < -0.39 is 0 Å². The Balaban J connectivity index is 4.23. The molecule has 0 saturated carbocycles. The number of nitrogens with zero attached hydrogens (tertiary/aromatic N) is 2. The summed E-state index contributed by atoms with van der Waals surface area (Å²) in [5.74, 6) is 0. The lowest BCUT2D eigenvalue weighted by Crippen LogP contribution is -2.54. The maximum absolute atomic E-state index is 2.33. The largest absolute Gasteiger partial charge is 0.352 e. The van der Waals surface area contributed by atoms with Gasteiger partial charge in [0.15, 0.2) is 0 Å². The molecular weight excluding hydrogens is 146 g/mol. The van der Waals surface area contributed by atoms with Gasteiger partial charge in [0, 0.05) is 0 Å². The van der Waals surface area contributed by atoms with E-state index in [9.17, 15) is 0 Å². The van der Waals surface area contributed by atoms with Gasteiger partial charge in [0.25, 0.3) is 0 Å². The molecule has 0 aromatic rings. The summed E-state index contributed by atoms with van der Waals surface area (Å²) in [7, 11) is 8.67. The molecule has 0 heterocycles. The molecule has 0 saturated heterocycles. The summed E-state index contributed by atoms with van der Waals surface area (Å²) in [5, 5.41) is 0. The fourth-order valence-corrected chi connectivity index (χ4v) is 1.96. The Bertz CT molecular complexity index is 104. The van der Waals surface area contributed by atoms with Crippen LogP contribution in [-0.2, 0) is 0 Å². The van der Waals surface area contributed by atoms with E-state index in [0.29, 0.717) is 13.5 Å². The van der Waals surface area contributed by atoms with Crippen LogP contribution in [0.3, 0.4) is 0 Å². The zero-order chi connectivity index (χ0) is 9.72. The van der Waals surface area contributed by atoms with Crippen molar-refractivity contribution >= 4 is 13.5 Å². The molecule has 70 valence electrons. The van der Waals surface area contributed by atoms with Crippen molar-refractivity contribution in [3.05, 3.63) is 0 Å². The molecular formula is C8H22B2N2. The quantitative estimate of drug-likeness (QED) is 0.569. The summed E-state index contributed by atoms with van der Waals surface area (Å²) in [5.41, 5.74) is 0. The van der Waals surface area contributed by atoms with Crippen molar-refractivity contribution in [2.45, 2.75) is 26.5 Å². The van der Waals surface area contributed by atoms with Crippen molar-refractivity contribution in [3.63, 3.8) is 0 Å². The second-order valence-corrected chi connectivity index (χ2v) is 3.88. The van der Waals surface area contributed by atoms with Crippen molar-refractivity contribution in [2.24, 2.45) is 0 Å². The van der Waals surface area contributed by atoms with Gasteiger partial charge in [-0.25, -0.2) is 0 Å². The van der Waals surface area contributed by atoms with E-state index in [0.717, 1.165) is 0 Å². The van der Waals surface area contributed by atoms with Crippen molar-refractivity contribution in [2.75, 3.05) is 28.2 Å². The molecule has 0 spiro atoms. The first-order chi connectivity index (χ1) is 5.54. The molecule has 0 aromatic heterocycles. The Hall–Kier alpha value is 0.0499. The molecule has 0 N–H and O–H groups in total. The number of hydrogen-bond acceptors (Lipinski definition) is 2. The monoisotopic (exact) mass is 168 g/mol. The third-order valence-corrected chi connectivity index (χ3v) is 2.61. The fourth-order valence-electron chi connectivity index (χ4n) is 1.96. The van der Waals surface area contributed by atoms with Gasteiger partial charge in [-0.3, -0.25) is 0 Å². The van der Waals surface area contributed by atoms with Crippen LogP contribution in [0.25, 0.3) is 0 Å². The molecule has 0 amide bonds. The second kappa shape index (κ2) is 5.65. The highest BCUT2D eigenvalue weighted by Crippen LogP contribution is 2.06. The average Bonchev–Trinajstić information content (AvgIpc) is 1.98. The van der Waals surface area contributed by atoms with E-state index in [-0.39, 0.29) is 0 Å². The molecule has 0 aliphatic carbocycles. The summed E-state index contributed by atoms with van der Waals surface area (Å²) in [4.78, 5) is 4.66. The van der Waals surface area contributed by atoms with E-state index in [2.05, 4.69) is 51.7 Å². The van der Waals surface area contributed by atoms with Crippen LogP contribution in [0.4, 0.5) is 0 Å². The van der Waals surface area contributed by atoms with Crippen LogP contribution >= 0.6 is 0 Å². The smallest absolute Gasteiger partial charge is 0.207 e. The first-order valence-electron chi connectivity index (χ1n) is 4.87. The topological polar surface area (TPSA) is 6.48 Å². The summed E-state index contributed by atoms with van der Waals surface area (Å²) < 4.78 is 0. The Kier molecular flexibility index (Phi) is 5.68. The van der Waals surface area contributed by atoms with Gasteiger partial charge in [0.1, 0.15) is 0 Å². The lowest BCUT2D eigenvalue weighted by atomic mass is 9.17. The van der Waals surface area contributed by atoms with Gasteiger partial charge >= 0.3 is 0 Å². The lowest BCUT2D eigenvalue weighted by Gasteiger charge is -2.29. The van der Waals surface area contributed by atoms with Crippen molar-refractivity contribution in [1.82, 2.24) is 9.62 Å². The van der Waals surface area contributed by atoms with Gasteiger partial charge in [-0.2, -0.15) is 0 Å². The highest BCUT2D eigenvalue weighted by atomic mass is 15.0. The average molecular weight is 168 g/mol. The third-order valence-electron chi connectivity index (χ3n) is 2.61. The molecule has 0 unspecified atom stereocenters. The summed E-state index contributed by atoms with van der Waals surface area (Å²) >= 11 is 0. The van der Waals surface area contributed by atoms with Gasteiger partial charge in [-0.15, -0.1) is 0 Å². The lowest BCUT2D eigenvalue weighted by molar-refractivity contribution is 0.617. The van der Waals surface area contributed by atoms with Gasteiger partial charge in [0.2, 0.25) is 13.5 Å². The summed E-state index contributed by atoms with van der Waals surface area (Å²) in [6.07, 6.45) is 2.45. The predicted octanol–water partition coefficient (Wildman–Crippen LogP) is 1.21. The molecule has 12 heavy (non-hydrogen) atoms. The molecule has 2 nitrogen and oxygen atoms in total. The molecule has 0 aromatic carbocycles. The van der Waals surface area contributed by atoms with Gasteiger partial charge < -0.3 is 9.62 Å². The van der Waals surface area contributed by atoms with E-state index in [1.54, 1.807) is 0 Å². The molecule has 0 aliphatic rings. The van der Waals surface area contributed by atoms with Crippen LogP contribution in [0, 0.1) is 0 Å². The zero-order valence-corrected chi connectivity index (χ0v) is 9.46. The van der Waals surface area contributed by atoms with Crippen LogP contribution in [0.2, 0.25) is 12.6 Å². The maximum atomic E-state index is 2.33. The normalized spacial score (nSPS) is 11.0. The zero-order valence-electron chi connectivity index (χ0n) is 9.46. The van der Waals surface area contributed by atoms with Crippen molar-refractivity contribution < 1.29 is 0 Å².